The average Bonchev–Trinajstić information content (AvgIpc) is 3.14. The van der Waals surface area contributed by atoms with E-state index in [4.69, 9.17) is 4.52 Å². The first kappa shape index (κ1) is 16.0. The second-order valence-electron chi connectivity index (χ2n) is 6.67. The number of hydrogen-bond acceptors (Lipinski definition) is 4. The van der Waals surface area contributed by atoms with Gasteiger partial charge in [0, 0.05) is 11.5 Å². The number of carbonyl (C=O) groups excluding carboxylic acids is 1. The quantitative estimate of drug-likeness (QED) is 0.797. The smallest absolute Gasteiger partial charge is 0.261 e. The number of nitrogens with zero attached hydrogens (tertiary/aromatic N) is 3. The number of anilines is 1. The molecule has 3 rings (SSSR count). The lowest BCUT2D eigenvalue weighted by molar-refractivity contribution is 0.102. The maximum absolute atomic E-state index is 12.5. The molecule has 0 fully saturated rings. The molecule has 6 heteroatoms. The lowest BCUT2D eigenvalue weighted by Gasteiger charge is -2.12. The van der Waals surface area contributed by atoms with E-state index in [9.17, 15) is 4.79 Å². The van der Waals surface area contributed by atoms with Gasteiger partial charge in [0.05, 0.1) is 28.8 Å². The first-order valence-electron chi connectivity index (χ1n) is 7.75. The molecule has 0 unspecified atom stereocenters. The van der Waals surface area contributed by atoms with Gasteiger partial charge in [-0.25, -0.2) is 4.68 Å². The Morgan fingerprint density at radius 2 is 1.92 bits per heavy atom. The van der Waals surface area contributed by atoms with Crippen molar-refractivity contribution < 1.29 is 9.32 Å². The Balaban J connectivity index is 1.81. The van der Waals surface area contributed by atoms with Gasteiger partial charge in [0.2, 0.25) is 5.88 Å². The van der Waals surface area contributed by atoms with Gasteiger partial charge in [0.25, 0.3) is 5.91 Å². The molecular weight excluding hydrogens is 304 g/mol. The molecule has 1 amide bonds. The number of rotatable bonds is 3. The summed E-state index contributed by atoms with van der Waals surface area (Å²) < 4.78 is 6.94. The van der Waals surface area contributed by atoms with Crippen LogP contribution in [0.1, 0.15) is 42.5 Å². The summed E-state index contributed by atoms with van der Waals surface area (Å²) in [6, 6.07) is 11.4. The molecule has 0 atom stereocenters. The fourth-order valence-electron chi connectivity index (χ4n) is 2.33. The summed E-state index contributed by atoms with van der Waals surface area (Å²) in [6.07, 6.45) is 1.55. The van der Waals surface area contributed by atoms with Crippen molar-refractivity contribution >= 4 is 11.8 Å². The van der Waals surface area contributed by atoms with Crippen molar-refractivity contribution in [3.63, 3.8) is 0 Å². The molecule has 0 saturated heterocycles. The van der Waals surface area contributed by atoms with E-state index < -0.39 is 0 Å². The van der Waals surface area contributed by atoms with Crippen LogP contribution in [-0.2, 0) is 5.41 Å². The predicted octanol–water partition coefficient (Wildman–Crippen LogP) is 3.72. The minimum Gasteiger partial charge on any atom is -0.338 e. The second kappa shape index (κ2) is 5.96. The molecule has 1 N–H and O–H groups in total. The highest BCUT2D eigenvalue weighted by Crippen LogP contribution is 2.24. The summed E-state index contributed by atoms with van der Waals surface area (Å²) in [5.74, 6) is 0.0584. The van der Waals surface area contributed by atoms with E-state index in [2.05, 4.69) is 15.6 Å². The maximum atomic E-state index is 12.5. The third-order valence-corrected chi connectivity index (χ3v) is 3.77. The normalized spacial score (nSPS) is 11.5. The molecule has 0 aliphatic rings. The second-order valence-corrected chi connectivity index (χ2v) is 6.67. The number of aromatic nitrogens is 3. The average molecular weight is 324 g/mol. The standard InChI is InChI=1S/C18H20N4O2/c1-12-14(11-19-22(12)13-8-6-5-7-9-13)17(23)20-16-10-15(21-24-16)18(2,3)4/h5-11H,1-4H3,(H,20,23). The molecule has 2 heterocycles. The molecule has 124 valence electrons. The first-order valence-corrected chi connectivity index (χ1v) is 7.75. The van der Waals surface area contributed by atoms with Gasteiger partial charge in [-0.2, -0.15) is 5.10 Å². The summed E-state index contributed by atoms with van der Waals surface area (Å²) in [6.45, 7) is 7.95. The fourth-order valence-corrected chi connectivity index (χ4v) is 2.33. The monoisotopic (exact) mass is 324 g/mol. The van der Waals surface area contributed by atoms with Crippen LogP contribution in [0.2, 0.25) is 0 Å². The lowest BCUT2D eigenvalue weighted by atomic mass is 9.92. The van der Waals surface area contributed by atoms with Crippen molar-refractivity contribution in [1.29, 1.82) is 0 Å². The van der Waals surface area contributed by atoms with Gasteiger partial charge >= 0.3 is 0 Å². The molecule has 0 bridgehead atoms. The van der Waals surface area contributed by atoms with Gasteiger partial charge in [-0.3, -0.25) is 10.1 Å². The van der Waals surface area contributed by atoms with E-state index >= 15 is 0 Å². The molecule has 2 aromatic heterocycles. The Hall–Kier alpha value is -2.89. The fraction of sp³-hybridized carbons (Fsp3) is 0.278. The summed E-state index contributed by atoms with van der Waals surface area (Å²) >= 11 is 0. The van der Waals surface area contributed by atoms with Crippen molar-refractivity contribution in [2.75, 3.05) is 5.32 Å². The van der Waals surface area contributed by atoms with Gasteiger partial charge in [0.1, 0.15) is 0 Å². The number of hydrogen-bond donors (Lipinski definition) is 1. The lowest BCUT2D eigenvalue weighted by Crippen LogP contribution is -2.13. The minimum atomic E-state index is -0.272. The van der Waals surface area contributed by atoms with Crippen LogP contribution in [0.4, 0.5) is 5.88 Å². The number of amides is 1. The van der Waals surface area contributed by atoms with Crippen LogP contribution < -0.4 is 5.32 Å². The Bertz CT molecular complexity index is 857. The van der Waals surface area contributed by atoms with Crippen LogP contribution in [0.25, 0.3) is 5.69 Å². The van der Waals surface area contributed by atoms with Crippen LogP contribution >= 0.6 is 0 Å². The van der Waals surface area contributed by atoms with Crippen molar-refractivity contribution in [3.8, 4) is 5.69 Å². The van der Waals surface area contributed by atoms with Gasteiger partial charge < -0.3 is 4.52 Å². The van der Waals surface area contributed by atoms with E-state index in [1.54, 1.807) is 16.9 Å². The van der Waals surface area contributed by atoms with Crippen LogP contribution in [0.3, 0.4) is 0 Å². The molecule has 0 saturated carbocycles. The van der Waals surface area contributed by atoms with E-state index in [1.165, 1.54) is 0 Å². The highest BCUT2D eigenvalue weighted by Gasteiger charge is 2.21. The van der Waals surface area contributed by atoms with Crippen LogP contribution in [-0.4, -0.2) is 20.8 Å². The Kier molecular flexibility index (Phi) is 3.97. The molecule has 6 nitrogen and oxygen atoms in total. The van der Waals surface area contributed by atoms with Gasteiger partial charge in [0.15, 0.2) is 0 Å². The Morgan fingerprint density at radius 1 is 1.21 bits per heavy atom. The molecule has 3 aromatic rings. The summed E-state index contributed by atoms with van der Waals surface area (Å²) in [4.78, 5) is 12.5. The van der Waals surface area contributed by atoms with Crippen molar-refractivity contribution in [2.45, 2.75) is 33.1 Å². The number of para-hydroxylation sites is 1. The summed E-state index contributed by atoms with van der Waals surface area (Å²) in [5.41, 5.74) is 2.81. The first-order chi connectivity index (χ1) is 11.4. The zero-order valence-corrected chi connectivity index (χ0v) is 14.2. The number of nitrogens with one attached hydrogen (secondary N) is 1. The minimum absolute atomic E-state index is 0.138. The van der Waals surface area contributed by atoms with Crippen LogP contribution in [0.5, 0.6) is 0 Å². The summed E-state index contributed by atoms with van der Waals surface area (Å²) in [7, 11) is 0. The zero-order chi connectivity index (χ0) is 17.3. The maximum Gasteiger partial charge on any atom is 0.261 e. The molecule has 0 aliphatic heterocycles. The topological polar surface area (TPSA) is 73.0 Å². The van der Waals surface area contributed by atoms with Gasteiger partial charge in [-0.1, -0.05) is 44.1 Å². The molecular formula is C18H20N4O2. The van der Waals surface area contributed by atoms with Crippen LogP contribution in [0, 0.1) is 6.92 Å². The predicted molar refractivity (Wildman–Crippen MR) is 91.5 cm³/mol. The van der Waals surface area contributed by atoms with Gasteiger partial charge in [-0.15, -0.1) is 0 Å². The molecule has 0 aliphatic carbocycles. The molecule has 1 aromatic carbocycles. The highest BCUT2D eigenvalue weighted by atomic mass is 16.5. The SMILES string of the molecule is Cc1c(C(=O)Nc2cc(C(C)(C)C)no2)cnn1-c1ccccc1. The van der Waals surface area contributed by atoms with Crippen LogP contribution in [0.15, 0.2) is 47.1 Å². The van der Waals surface area contributed by atoms with Crippen molar-refractivity contribution in [2.24, 2.45) is 0 Å². The van der Waals surface area contributed by atoms with Crippen molar-refractivity contribution in [3.05, 3.63) is 59.5 Å². The largest absolute Gasteiger partial charge is 0.338 e. The third kappa shape index (κ3) is 3.08. The van der Waals surface area contributed by atoms with E-state index in [1.807, 2.05) is 58.0 Å². The Labute approximate surface area is 140 Å². The molecule has 24 heavy (non-hydrogen) atoms. The van der Waals surface area contributed by atoms with Gasteiger partial charge in [-0.05, 0) is 19.1 Å². The number of benzene rings is 1. The highest BCUT2D eigenvalue weighted by molar-refractivity contribution is 6.04. The molecule has 0 radical (unpaired) electrons. The number of carbonyl (C=O) groups is 1. The third-order valence-electron chi connectivity index (χ3n) is 3.77. The van der Waals surface area contributed by atoms with E-state index in [0.717, 1.165) is 17.1 Å². The van der Waals surface area contributed by atoms with E-state index in [0.29, 0.717) is 11.4 Å². The van der Waals surface area contributed by atoms with E-state index in [-0.39, 0.29) is 11.3 Å². The molecule has 0 spiro atoms. The zero-order valence-electron chi connectivity index (χ0n) is 14.2. The Morgan fingerprint density at radius 3 is 2.54 bits per heavy atom. The van der Waals surface area contributed by atoms with Crippen molar-refractivity contribution in [1.82, 2.24) is 14.9 Å². The summed E-state index contributed by atoms with van der Waals surface area (Å²) in [5, 5.41) is 11.0.